The third-order valence-electron chi connectivity index (χ3n) is 14.8. The van der Waals surface area contributed by atoms with Gasteiger partial charge in [-0.05, 0) is 137 Å². The van der Waals surface area contributed by atoms with Crippen molar-refractivity contribution >= 4 is 23.7 Å². The minimum atomic E-state index is -0.978. The van der Waals surface area contributed by atoms with Crippen molar-refractivity contribution < 1.29 is 33.8 Å². The van der Waals surface area contributed by atoms with Gasteiger partial charge in [0, 0.05) is 23.3 Å². The largest absolute Gasteiger partial charge is 0.478 e. The van der Waals surface area contributed by atoms with Crippen LogP contribution in [0.25, 0.3) is 0 Å². The van der Waals surface area contributed by atoms with E-state index in [1.54, 1.807) is 13.8 Å². The van der Waals surface area contributed by atoms with Crippen LogP contribution in [-0.4, -0.2) is 40.5 Å². The molecule has 5 aliphatic carbocycles. The number of allylic oxidation sites excluding steroid dienone is 3. The number of carbonyl (C=O) groups excluding carboxylic acids is 3. The van der Waals surface area contributed by atoms with Crippen molar-refractivity contribution in [3.63, 3.8) is 0 Å². The van der Waals surface area contributed by atoms with Crippen molar-refractivity contribution in [2.45, 2.75) is 159 Å². The van der Waals surface area contributed by atoms with Crippen LogP contribution in [0.4, 0.5) is 0 Å². The molecule has 4 fully saturated rings. The number of hydrogen-bond donors (Lipinski definition) is 1. The fraction of sp³-hybridized carbons (Fsp3) is 0.810. The Balaban J connectivity index is 1.40. The third-order valence-corrected chi connectivity index (χ3v) is 14.8. The molecule has 0 bridgehead atoms. The molecule has 0 aromatic heterocycles. The zero-order valence-corrected chi connectivity index (χ0v) is 32.5. The van der Waals surface area contributed by atoms with Crippen molar-refractivity contribution in [3.8, 4) is 0 Å². The highest BCUT2D eigenvalue weighted by Gasteiger charge is 2.70. The van der Waals surface area contributed by atoms with E-state index >= 15 is 0 Å². The van der Waals surface area contributed by atoms with Gasteiger partial charge in [0.2, 0.25) is 0 Å². The van der Waals surface area contributed by atoms with Gasteiger partial charge in [0.05, 0.1) is 11.8 Å². The highest BCUT2D eigenvalue weighted by Crippen LogP contribution is 2.77. The van der Waals surface area contributed by atoms with Crippen LogP contribution in [0.3, 0.4) is 0 Å². The number of hydrogen-bond acceptors (Lipinski definition) is 6. The molecule has 0 aromatic carbocycles. The molecule has 0 aliphatic heterocycles. The van der Waals surface area contributed by atoms with Crippen molar-refractivity contribution in [1.82, 2.24) is 0 Å². The van der Waals surface area contributed by atoms with Gasteiger partial charge in [0.1, 0.15) is 11.7 Å². The lowest BCUT2D eigenvalue weighted by atomic mass is 9.33. The second-order valence-corrected chi connectivity index (χ2v) is 19.9. The first-order valence-corrected chi connectivity index (χ1v) is 19.0. The predicted molar refractivity (Wildman–Crippen MR) is 190 cm³/mol. The van der Waals surface area contributed by atoms with Crippen molar-refractivity contribution in [1.29, 1.82) is 0 Å². The highest BCUT2D eigenvalue weighted by molar-refractivity contribution is 6.01. The molecule has 274 valence electrons. The second-order valence-electron chi connectivity index (χ2n) is 19.9. The maximum absolute atomic E-state index is 13.7. The summed E-state index contributed by atoms with van der Waals surface area (Å²) < 4.78 is 11.9. The summed E-state index contributed by atoms with van der Waals surface area (Å²) in [5.74, 6) is -0.247. The molecule has 49 heavy (non-hydrogen) atoms. The van der Waals surface area contributed by atoms with E-state index in [9.17, 15) is 24.3 Å². The van der Waals surface area contributed by atoms with Crippen LogP contribution in [0, 0.1) is 56.2 Å². The lowest BCUT2D eigenvalue weighted by Crippen LogP contribution is -2.65. The van der Waals surface area contributed by atoms with Crippen LogP contribution in [-0.2, 0) is 28.7 Å². The average Bonchev–Trinajstić information content (AvgIpc) is 3.25. The maximum atomic E-state index is 13.7. The summed E-state index contributed by atoms with van der Waals surface area (Å²) in [5, 5.41) is 9.60. The molecule has 7 heteroatoms. The van der Waals surface area contributed by atoms with E-state index < -0.39 is 22.4 Å². The molecular weight excluding hydrogens is 616 g/mol. The van der Waals surface area contributed by atoms with Crippen LogP contribution in [0.15, 0.2) is 23.3 Å². The molecule has 8 atom stereocenters. The van der Waals surface area contributed by atoms with Gasteiger partial charge in [-0.25, -0.2) is 4.79 Å². The fourth-order valence-electron chi connectivity index (χ4n) is 12.3. The monoisotopic (exact) mass is 680 g/mol. The summed E-state index contributed by atoms with van der Waals surface area (Å²) in [7, 11) is 0. The Bertz CT molecular complexity index is 1460. The van der Waals surface area contributed by atoms with Crippen LogP contribution in [0.5, 0.6) is 0 Å². The minimum Gasteiger partial charge on any atom is -0.478 e. The van der Waals surface area contributed by atoms with Crippen LogP contribution < -0.4 is 0 Å². The van der Waals surface area contributed by atoms with Gasteiger partial charge in [-0.1, -0.05) is 54.5 Å². The molecule has 1 N–H and O–H groups in total. The van der Waals surface area contributed by atoms with Crippen molar-refractivity contribution in [2.24, 2.45) is 56.2 Å². The summed E-state index contributed by atoms with van der Waals surface area (Å²) in [6.45, 7) is 25.4. The third kappa shape index (κ3) is 6.05. The first-order valence-electron chi connectivity index (χ1n) is 19.0. The molecule has 4 saturated carbocycles. The van der Waals surface area contributed by atoms with Gasteiger partial charge in [0.15, 0.2) is 5.78 Å². The molecule has 0 unspecified atom stereocenters. The maximum Gasteiger partial charge on any atom is 0.328 e. The van der Waals surface area contributed by atoms with Crippen molar-refractivity contribution in [2.75, 3.05) is 0 Å². The normalized spacial score (nSPS) is 38.8. The number of aliphatic carboxylic acids is 1. The van der Waals surface area contributed by atoms with Gasteiger partial charge >= 0.3 is 17.9 Å². The van der Waals surface area contributed by atoms with Gasteiger partial charge in [-0.15, -0.1) is 0 Å². The zero-order valence-electron chi connectivity index (χ0n) is 32.5. The Kier molecular flexibility index (Phi) is 9.32. The predicted octanol–water partition coefficient (Wildman–Crippen LogP) is 9.28. The standard InChI is InChI=1S/C42H64O7/c1-25(2)33-27(43)23-42(20-17-31(44)45)22-21-40(11)26(34(33)42)13-14-29-39(10)18-16-30(38(8,9)28(39)15-19-41(29,40)12)48-32(46)24-37(6,7)35(47)49-36(3,4)5/h17,20,25-26,28-30H,13-16,18-19,21-24H2,1-12H3,(H,44,45)/t26-,28+,29-,30+,39+,40-,41-,42+/m1/s1. The van der Waals surface area contributed by atoms with E-state index in [4.69, 9.17) is 9.47 Å². The van der Waals surface area contributed by atoms with E-state index in [-0.39, 0.29) is 63.7 Å². The summed E-state index contributed by atoms with van der Waals surface area (Å²) >= 11 is 0. The second kappa shape index (κ2) is 12.1. The van der Waals surface area contributed by atoms with E-state index in [1.807, 2.05) is 26.8 Å². The highest BCUT2D eigenvalue weighted by atomic mass is 16.6. The van der Waals surface area contributed by atoms with Crippen molar-refractivity contribution in [3.05, 3.63) is 23.3 Å². The molecule has 5 aliphatic rings. The number of rotatable bonds is 7. The minimum absolute atomic E-state index is 0.00867. The Morgan fingerprint density at radius 3 is 2.12 bits per heavy atom. The number of carboxylic acids is 1. The molecule has 0 amide bonds. The molecule has 0 heterocycles. The quantitative estimate of drug-likeness (QED) is 0.211. The Morgan fingerprint density at radius 2 is 1.53 bits per heavy atom. The Hall–Kier alpha value is -2.44. The molecule has 0 radical (unpaired) electrons. The van der Waals surface area contributed by atoms with Gasteiger partial charge in [-0.3, -0.25) is 14.4 Å². The lowest BCUT2D eigenvalue weighted by Gasteiger charge is -2.72. The summed E-state index contributed by atoms with van der Waals surface area (Å²) in [6, 6.07) is 0. The number of ketones is 1. The first kappa shape index (κ1) is 37.8. The number of esters is 2. The zero-order chi connectivity index (χ0) is 36.8. The smallest absolute Gasteiger partial charge is 0.328 e. The van der Waals surface area contributed by atoms with E-state index in [0.717, 1.165) is 56.9 Å². The summed E-state index contributed by atoms with van der Waals surface area (Å²) in [4.78, 5) is 51.7. The molecule has 0 aromatic rings. The van der Waals surface area contributed by atoms with Crippen LogP contribution in [0.1, 0.15) is 147 Å². The van der Waals surface area contributed by atoms with E-state index in [0.29, 0.717) is 18.3 Å². The van der Waals surface area contributed by atoms with Gasteiger partial charge < -0.3 is 14.6 Å². The average molecular weight is 681 g/mol. The van der Waals surface area contributed by atoms with E-state index in [1.165, 1.54) is 11.6 Å². The lowest BCUT2D eigenvalue weighted by molar-refractivity contribution is -0.232. The topological polar surface area (TPSA) is 107 Å². The first-order chi connectivity index (χ1) is 22.3. The molecule has 7 nitrogen and oxygen atoms in total. The number of carboxylic acid groups (broad SMARTS) is 1. The van der Waals surface area contributed by atoms with Gasteiger partial charge in [0.25, 0.3) is 0 Å². The van der Waals surface area contributed by atoms with E-state index in [2.05, 4.69) is 48.5 Å². The molecular formula is C42H64O7. The summed E-state index contributed by atoms with van der Waals surface area (Å²) in [5.41, 5.74) is 0.0305. The SMILES string of the molecule is CC(C)C1=C2[C@H]3CC[C@@H]4[C@@]5(C)CC[C@H](OC(=O)CC(C)(C)C(=O)OC(C)(C)C)C(C)(C)[C@@H]5CC[C@@]4(C)[C@]3(C)CC[C@@]2(C=CC(=O)O)CC1=O. The Labute approximate surface area is 295 Å². The molecule has 0 saturated heterocycles. The van der Waals surface area contributed by atoms with Crippen LogP contribution in [0.2, 0.25) is 0 Å². The molecule has 0 spiro atoms. The Morgan fingerprint density at radius 1 is 0.878 bits per heavy atom. The number of carbonyl (C=O) groups is 4. The fourth-order valence-corrected chi connectivity index (χ4v) is 12.3. The number of fused-ring (bicyclic) bond motifs is 7. The summed E-state index contributed by atoms with van der Waals surface area (Å²) in [6.07, 6.45) is 11.1. The van der Waals surface area contributed by atoms with Crippen LogP contribution >= 0.6 is 0 Å². The van der Waals surface area contributed by atoms with Gasteiger partial charge in [-0.2, -0.15) is 0 Å². The number of ether oxygens (including phenoxy) is 2. The molecule has 5 rings (SSSR count). The number of Topliss-reactive ketones (excluding diaryl/α,β-unsaturated/α-hetero) is 1.